The lowest BCUT2D eigenvalue weighted by molar-refractivity contribution is 0.0581. The van der Waals surface area contributed by atoms with E-state index in [1.54, 1.807) is 47.5 Å². The van der Waals surface area contributed by atoms with Gasteiger partial charge >= 0.3 is 19.1 Å². The molecule has 0 fully saturated rings. The number of benzene rings is 2. The highest BCUT2D eigenvalue weighted by atomic mass is 79.9. The molecule has 0 saturated carbocycles. The molecule has 12 heteroatoms. The minimum absolute atomic E-state index is 0.378. The maximum atomic E-state index is 11.4. The Labute approximate surface area is 217 Å². The van der Waals surface area contributed by atoms with Gasteiger partial charge < -0.3 is 28.7 Å². The van der Waals surface area contributed by atoms with E-state index in [0.717, 1.165) is 11.4 Å². The Morgan fingerprint density at radius 3 is 1.69 bits per heavy atom. The zero-order chi connectivity index (χ0) is 26.7. The van der Waals surface area contributed by atoms with Gasteiger partial charge in [-0.2, -0.15) is 0 Å². The monoisotopic (exact) mass is 556 g/mol. The number of aromatic nitrogens is 4. The van der Waals surface area contributed by atoms with Crippen LogP contribution in [-0.4, -0.2) is 62.4 Å². The van der Waals surface area contributed by atoms with Crippen LogP contribution >= 0.6 is 15.9 Å². The van der Waals surface area contributed by atoms with E-state index in [1.165, 1.54) is 26.6 Å². The normalized spacial score (nSPS) is 9.75. The molecule has 0 atom stereocenters. The third-order valence-corrected chi connectivity index (χ3v) is 5.58. The number of nitrogens with zero attached hydrogens (tertiary/aromatic N) is 4. The number of methoxy groups -OCH3 is 2. The fourth-order valence-electron chi connectivity index (χ4n) is 2.87. The SMILES string of the molecule is COC(=O)c1cnc(-c2ccccc2)n1C.COC(=O)c1cnc(Br)n1C.OB(O)c1ccccc1. The van der Waals surface area contributed by atoms with Crippen molar-refractivity contribution in [3.05, 3.63) is 89.2 Å². The first-order valence-corrected chi connectivity index (χ1v) is 11.3. The van der Waals surface area contributed by atoms with Crippen LogP contribution in [0.15, 0.2) is 77.8 Å². The van der Waals surface area contributed by atoms with Crippen molar-refractivity contribution in [2.24, 2.45) is 14.1 Å². The molecule has 0 unspecified atom stereocenters. The Hall–Kier alpha value is -3.74. The second-order valence-electron chi connectivity index (χ2n) is 7.13. The molecule has 2 N–H and O–H groups in total. The molecule has 4 aromatic rings. The molecule has 0 aliphatic carbocycles. The number of imidazole rings is 2. The fraction of sp³-hybridized carbons (Fsp3) is 0.167. The van der Waals surface area contributed by atoms with E-state index in [-0.39, 0.29) is 11.9 Å². The molecule has 0 amide bonds. The first-order chi connectivity index (χ1) is 17.2. The van der Waals surface area contributed by atoms with E-state index < -0.39 is 7.12 Å². The van der Waals surface area contributed by atoms with Crippen LogP contribution in [0.1, 0.15) is 21.0 Å². The summed E-state index contributed by atoms with van der Waals surface area (Å²) < 4.78 is 13.1. The summed E-state index contributed by atoms with van der Waals surface area (Å²) in [5, 5.41) is 17.2. The van der Waals surface area contributed by atoms with Gasteiger partial charge in [0.25, 0.3) is 0 Å². The number of hydrogen-bond acceptors (Lipinski definition) is 8. The highest BCUT2D eigenvalue weighted by Gasteiger charge is 2.15. The van der Waals surface area contributed by atoms with Crippen molar-refractivity contribution in [1.82, 2.24) is 19.1 Å². The summed E-state index contributed by atoms with van der Waals surface area (Å²) in [7, 11) is 4.87. The topological polar surface area (TPSA) is 129 Å². The molecular weight excluding hydrogens is 531 g/mol. The van der Waals surface area contributed by atoms with Crippen LogP contribution in [0.25, 0.3) is 11.4 Å². The van der Waals surface area contributed by atoms with Crippen molar-refractivity contribution in [2.45, 2.75) is 0 Å². The Kier molecular flexibility index (Phi) is 11.1. The van der Waals surface area contributed by atoms with Crippen LogP contribution in [0.5, 0.6) is 0 Å². The van der Waals surface area contributed by atoms with Gasteiger partial charge in [0.15, 0.2) is 4.73 Å². The van der Waals surface area contributed by atoms with E-state index in [1.807, 2.05) is 36.4 Å². The van der Waals surface area contributed by atoms with Gasteiger partial charge in [0.2, 0.25) is 0 Å². The Balaban J connectivity index is 0.000000200. The van der Waals surface area contributed by atoms with E-state index in [0.29, 0.717) is 21.6 Å². The van der Waals surface area contributed by atoms with Gasteiger partial charge in [0, 0.05) is 19.7 Å². The van der Waals surface area contributed by atoms with Crippen molar-refractivity contribution >= 4 is 40.4 Å². The molecule has 36 heavy (non-hydrogen) atoms. The van der Waals surface area contributed by atoms with Crippen LogP contribution in [0, 0.1) is 0 Å². The first-order valence-electron chi connectivity index (χ1n) is 10.5. The highest BCUT2D eigenvalue weighted by Crippen LogP contribution is 2.18. The van der Waals surface area contributed by atoms with E-state index >= 15 is 0 Å². The lowest BCUT2D eigenvalue weighted by atomic mass is 9.81. The molecule has 4 rings (SSSR count). The largest absolute Gasteiger partial charge is 0.488 e. The number of esters is 2. The summed E-state index contributed by atoms with van der Waals surface area (Å²) in [5.41, 5.74) is 2.37. The van der Waals surface area contributed by atoms with Gasteiger partial charge in [-0.3, -0.25) is 0 Å². The number of carbonyl (C=O) groups excluding carboxylic acids is 2. The van der Waals surface area contributed by atoms with Gasteiger partial charge in [0.1, 0.15) is 17.2 Å². The molecular formula is C24H26BBrN4O6. The number of ether oxygens (including phenoxy) is 2. The molecule has 0 aliphatic rings. The van der Waals surface area contributed by atoms with Gasteiger partial charge in [-0.05, 0) is 21.4 Å². The van der Waals surface area contributed by atoms with Crippen LogP contribution in [0.3, 0.4) is 0 Å². The molecule has 0 bridgehead atoms. The minimum Gasteiger partial charge on any atom is -0.464 e. The minimum atomic E-state index is -1.34. The lowest BCUT2D eigenvalue weighted by Crippen LogP contribution is -2.29. The summed E-state index contributed by atoms with van der Waals surface area (Å²) in [6.45, 7) is 0. The predicted octanol–water partition coefficient (Wildman–Crippen LogP) is 2.21. The van der Waals surface area contributed by atoms with Gasteiger partial charge in [-0.25, -0.2) is 19.6 Å². The molecule has 2 aromatic heterocycles. The smallest absolute Gasteiger partial charge is 0.464 e. The summed E-state index contributed by atoms with van der Waals surface area (Å²) in [5.74, 6) is -0.0103. The number of carbonyl (C=O) groups is 2. The highest BCUT2D eigenvalue weighted by molar-refractivity contribution is 9.10. The second kappa shape index (κ2) is 14.0. The zero-order valence-electron chi connectivity index (χ0n) is 20.2. The summed E-state index contributed by atoms with van der Waals surface area (Å²) in [6.07, 6.45) is 2.98. The zero-order valence-corrected chi connectivity index (χ0v) is 21.8. The van der Waals surface area contributed by atoms with Gasteiger partial charge in [0.05, 0.1) is 26.6 Å². The average Bonchev–Trinajstić information content (AvgIpc) is 3.46. The Morgan fingerprint density at radius 2 is 1.28 bits per heavy atom. The number of hydrogen-bond donors (Lipinski definition) is 2. The average molecular weight is 557 g/mol. The van der Waals surface area contributed by atoms with Crippen molar-refractivity contribution < 1.29 is 29.1 Å². The summed E-state index contributed by atoms with van der Waals surface area (Å²) >= 11 is 3.16. The van der Waals surface area contributed by atoms with Crippen molar-refractivity contribution in [3.63, 3.8) is 0 Å². The Bertz CT molecular complexity index is 1260. The first kappa shape index (κ1) is 28.5. The maximum Gasteiger partial charge on any atom is 0.488 e. The fourth-order valence-corrected chi connectivity index (χ4v) is 3.16. The number of halogens is 1. The van der Waals surface area contributed by atoms with Crippen LogP contribution in [-0.2, 0) is 23.6 Å². The predicted molar refractivity (Wildman–Crippen MR) is 138 cm³/mol. The van der Waals surface area contributed by atoms with E-state index in [4.69, 9.17) is 10.0 Å². The second-order valence-corrected chi connectivity index (χ2v) is 7.84. The van der Waals surface area contributed by atoms with E-state index in [2.05, 4.69) is 35.4 Å². The molecule has 0 spiro atoms. The van der Waals surface area contributed by atoms with Crippen LogP contribution in [0.4, 0.5) is 0 Å². The molecule has 2 aromatic carbocycles. The summed E-state index contributed by atoms with van der Waals surface area (Å²) in [6, 6.07) is 18.4. The van der Waals surface area contributed by atoms with Crippen molar-refractivity contribution in [2.75, 3.05) is 14.2 Å². The maximum absolute atomic E-state index is 11.4. The van der Waals surface area contributed by atoms with Crippen molar-refractivity contribution in [1.29, 1.82) is 0 Å². The third-order valence-electron chi connectivity index (χ3n) is 4.84. The quantitative estimate of drug-likeness (QED) is 0.289. The molecule has 0 radical (unpaired) electrons. The Morgan fingerprint density at radius 1 is 0.806 bits per heavy atom. The van der Waals surface area contributed by atoms with Crippen LogP contribution in [0.2, 0.25) is 0 Å². The van der Waals surface area contributed by atoms with Gasteiger partial charge in [-0.1, -0.05) is 60.7 Å². The molecule has 2 heterocycles. The van der Waals surface area contributed by atoms with Gasteiger partial charge in [-0.15, -0.1) is 0 Å². The molecule has 0 aliphatic heterocycles. The molecule has 0 saturated heterocycles. The van der Waals surface area contributed by atoms with Crippen molar-refractivity contribution in [3.8, 4) is 11.4 Å². The molecule has 10 nitrogen and oxygen atoms in total. The number of rotatable bonds is 4. The third kappa shape index (κ3) is 7.64. The summed E-state index contributed by atoms with van der Waals surface area (Å²) in [4.78, 5) is 30.4. The molecule has 188 valence electrons. The van der Waals surface area contributed by atoms with E-state index in [9.17, 15) is 9.59 Å². The lowest BCUT2D eigenvalue weighted by Gasteiger charge is -2.04. The van der Waals surface area contributed by atoms with Crippen LogP contribution < -0.4 is 5.46 Å². The standard InChI is InChI=1S/C12H12N2O2.C6H7BO2.C6H7BrN2O2/c1-14-10(12(15)16-2)8-13-11(14)9-6-4-3-5-7-9;8-7(9)6-4-2-1-3-5-6;1-9-4(5(10)11-2)3-8-6(9)7/h3-8H,1-2H3;1-5,8-9H;3H,1-2H3.